The zero-order valence-corrected chi connectivity index (χ0v) is 12.3. The first kappa shape index (κ1) is 14.4. The Morgan fingerprint density at radius 3 is 2.53 bits per heavy atom. The number of nitrogens with zero attached hydrogens (tertiary/aromatic N) is 3. The topological polar surface area (TPSA) is 41.1 Å². The Kier molecular flexibility index (Phi) is 5.85. The van der Waals surface area contributed by atoms with Crippen LogP contribution in [0.5, 0.6) is 0 Å². The highest BCUT2D eigenvalue weighted by atomic mass is 32.1. The molecular formula is C12H24N4S. The Balaban J connectivity index is 2.68. The minimum absolute atomic E-state index is 0.536. The number of rotatable bonds is 7. The maximum absolute atomic E-state index is 4.23. The van der Waals surface area contributed by atoms with E-state index >= 15 is 0 Å². The highest BCUT2D eigenvalue weighted by molar-refractivity contribution is 7.10. The molecule has 1 rings (SSSR count). The van der Waals surface area contributed by atoms with Crippen LogP contribution in [-0.4, -0.2) is 33.6 Å². The lowest BCUT2D eigenvalue weighted by Gasteiger charge is -2.27. The molecule has 0 aliphatic heterocycles. The molecule has 0 radical (unpaired) electrons. The fourth-order valence-corrected chi connectivity index (χ4v) is 2.37. The van der Waals surface area contributed by atoms with Gasteiger partial charge in [-0.15, -0.1) is 5.10 Å². The minimum atomic E-state index is 0.536. The molecule has 0 bridgehead atoms. The SMILES string of the molecule is CCNc1snnc1CN(CC(C)C)C(C)C. The van der Waals surface area contributed by atoms with Crippen LogP contribution in [-0.2, 0) is 6.54 Å². The quantitative estimate of drug-likeness (QED) is 0.814. The van der Waals surface area contributed by atoms with Crippen LogP contribution < -0.4 is 5.32 Å². The molecule has 5 heteroatoms. The van der Waals surface area contributed by atoms with Crippen LogP contribution in [0.2, 0.25) is 0 Å². The molecule has 1 aromatic heterocycles. The van der Waals surface area contributed by atoms with Crippen LogP contribution >= 0.6 is 11.5 Å². The Labute approximate surface area is 109 Å². The van der Waals surface area contributed by atoms with Crippen LogP contribution in [0.15, 0.2) is 0 Å². The second kappa shape index (κ2) is 6.91. The Morgan fingerprint density at radius 2 is 2.00 bits per heavy atom. The number of nitrogens with one attached hydrogen (secondary N) is 1. The molecule has 0 fully saturated rings. The molecule has 0 spiro atoms. The van der Waals surface area contributed by atoms with E-state index in [1.54, 1.807) is 0 Å². The molecule has 1 aromatic rings. The monoisotopic (exact) mass is 256 g/mol. The number of aromatic nitrogens is 2. The molecule has 4 nitrogen and oxygen atoms in total. The van der Waals surface area contributed by atoms with Crippen molar-refractivity contribution in [3.8, 4) is 0 Å². The lowest BCUT2D eigenvalue weighted by atomic mass is 10.1. The standard InChI is InChI=1S/C12H24N4S/c1-6-13-12-11(14-15-17-12)8-16(10(4)5)7-9(2)3/h9-10,13H,6-8H2,1-5H3. The van der Waals surface area contributed by atoms with Crippen LogP contribution in [0, 0.1) is 5.92 Å². The maximum Gasteiger partial charge on any atom is 0.134 e. The molecule has 0 saturated carbocycles. The van der Waals surface area contributed by atoms with Crippen molar-refractivity contribution in [2.24, 2.45) is 5.92 Å². The van der Waals surface area contributed by atoms with Gasteiger partial charge in [-0.2, -0.15) is 0 Å². The average molecular weight is 256 g/mol. The third-order valence-corrected chi connectivity index (χ3v) is 3.30. The molecule has 0 amide bonds. The smallest absolute Gasteiger partial charge is 0.134 e. The van der Waals surface area contributed by atoms with Gasteiger partial charge >= 0.3 is 0 Å². The molecular weight excluding hydrogens is 232 g/mol. The van der Waals surface area contributed by atoms with Gasteiger partial charge in [-0.1, -0.05) is 18.3 Å². The van der Waals surface area contributed by atoms with Crippen molar-refractivity contribution < 1.29 is 0 Å². The summed E-state index contributed by atoms with van der Waals surface area (Å²) in [5, 5.41) is 8.66. The molecule has 0 aliphatic rings. The van der Waals surface area contributed by atoms with Crippen molar-refractivity contribution in [2.45, 2.75) is 47.2 Å². The zero-order valence-electron chi connectivity index (χ0n) is 11.5. The van der Waals surface area contributed by atoms with Gasteiger partial charge in [0.1, 0.15) is 10.7 Å². The van der Waals surface area contributed by atoms with Gasteiger partial charge < -0.3 is 5.32 Å². The summed E-state index contributed by atoms with van der Waals surface area (Å²) in [4.78, 5) is 2.45. The van der Waals surface area contributed by atoms with Gasteiger partial charge in [0, 0.05) is 37.2 Å². The third kappa shape index (κ3) is 4.60. The number of anilines is 1. The highest BCUT2D eigenvalue weighted by Gasteiger charge is 2.16. The molecule has 98 valence electrons. The van der Waals surface area contributed by atoms with E-state index in [0.717, 1.165) is 30.3 Å². The van der Waals surface area contributed by atoms with E-state index in [1.165, 1.54) is 11.5 Å². The fraction of sp³-hybridized carbons (Fsp3) is 0.833. The van der Waals surface area contributed by atoms with E-state index in [-0.39, 0.29) is 0 Å². The lowest BCUT2D eigenvalue weighted by molar-refractivity contribution is 0.187. The van der Waals surface area contributed by atoms with Gasteiger partial charge in [-0.3, -0.25) is 4.90 Å². The summed E-state index contributed by atoms with van der Waals surface area (Å²) in [6.07, 6.45) is 0. The fourth-order valence-electron chi connectivity index (χ4n) is 1.73. The van der Waals surface area contributed by atoms with Crippen LogP contribution in [0.1, 0.15) is 40.3 Å². The van der Waals surface area contributed by atoms with Crippen LogP contribution in [0.4, 0.5) is 5.00 Å². The lowest BCUT2D eigenvalue weighted by Crippen LogP contribution is -2.33. The van der Waals surface area contributed by atoms with E-state index in [9.17, 15) is 0 Å². The first-order valence-corrected chi connectivity index (χ1v) is 7.11. The summed E-state index contributed by atoms with van der Waals surface area (Å²) in [6, 6.07) is 0.536. The predicted octanol–water partition coefficient (Wildman–Crippen LogP) is 2.84. The van der Waals surface area contributed by atoms with E-state index in [2.05, 4.69) is 54.4 Å². The molecule has 0 aliphatic carbocycles. The first-order chi connectivity index (χ1) is 8.04. The minimum Gasteiger partial charge on any atom is -0.374 e. The number of hydrogen-bond donors (Lipinski definition) is 1. The van der Waals surface area contributed by atoms with Crippen molar-refractivity contribution in [2.75, 3.05) is 18.4 Å². The maximum atomic E-state index is 4.23. The second-order valence-electron chi connectivity index (χ2n) is 5.00. The molecule has 0 saturated heterocycles. The molecule has 1 N–H and O–H groups in total. The van der Waals surface area contributed by atoms with Gasteiger partial charge in [0.15, 0.2) is 0 Å². The van der Waals surface area contributed by atoms with Crippen LogP contribution in [0.25, 0.3) is 0 Å². The van der Waals surface area contributed by atoms with Gasteiger partial charge in [0.25, 0.3) is 0 Å². The van der Waals surface area contributed by atoms with Gasteiger partial charge in [-0.25, -0.2) is 0 Å². The van der Waals surface area contributed by atoms with E-state index in [0.29, 0.717) is 12.0 Å². The van der Waals surface area contributed by atoms with Crippen molar-refractivity contribution >= 4 is 16.5 Å². The van der Waals surface area contributed by atoms with Crippen molar-refractivity contribution in [1.29, 1.82) is 0 Å². The zero-order chi connectivity index (χ0) is 12.8. The van der Waals surface area contributed by atoms with Crippen LogP contribution in [0.3, 0.4) is 0 Å². The summed E-state index contributed by atoms with van der Waals surface area (Å²) in [5.74, 6) is 0.673. The van der Waals surface area contributed by atoms with E-state index < -0.39 is 0 Å². The Morgan fingerprint density at radius 1 is 1.29 bits per heavy atom. The normalized spacial score (nSPS) is 11.8. The highest BCUT2D eigenvalue weighted by Crippen LogP contribution is 2.20. The summed E-state index contributed by atoms with van der Waals surface area (Å²) in [7, 11) is 0. The number of hydrogen-bond acceptors (Lipinski definition) is 5. The average Bonchev–Trinajstić information content (AvgIpc) is 2.64. The summed E-state index contributed by atoms with van der Waals surface area (Å²) in [6.45, 7) is 14.0. The molecule has 0 aromatic carbocycles. The second-order valence-corrected chi connectivity index (χ2v) is 5.75. The molecule has 17 heavy (non-hydrogen) atoms. The predicted molar refractivity (Wildman–Crippen MR) is 74.5 cm³/mol. The van der Waals surface area contributed by atoms with Crippen molar-refractivity contribution in [1.82, 2.24) is 14.5 Å². The summed E-state index contributed by atoms with van der Waals surface area (Å²) in [5.41, 5.74) is 1.08. The van der Waals surface area contributed by atoms with Gasteiger partial charge in [0.2, 0.25) is 0 Å². The third-order valence-electron chi connectivity index (χ3n) is 2.58. The molecule has 0 unspecified atom stereocenters. The Hall–Kier alpha value is -0.680. The largest absolute Gasteiger partial charge is 0.374 e. The van der Waals surface area contributed by atoms with Crippen molar-refractivity contribution in [3.63, 3.8) is 0 Å². The molecule has 0 atom stereocenters. The summed E-state index contributed by atoms with van der Waals surface area (Å²) < 4.78 is 4.03. The van der Waals surface area contributed by atoms with Crippen molar-refractivity contribution in [3.05, 3.63) is 5.69 Å². The Bertz CT molecular complexity index is 322. The molecule has 1 heterocycles. The van der Waals surface area contributed by atoms with Gasteiger partial charge in [0.05, 0.1) is 0 Å². The van der Waals surface area contributed by atoms with E-state index in [1.807, 2.05) is 0 Å². The van der Waals surface area contributed by atoms with E-state index in [4.69, 9.17) is 0 Å². The van der Waals surface area contributed by atoms with Gasteiger partial charge in [-0.05, 0) is 26.7 Å². The summed E-state index contributed by atoms with van der Waals surface area (Å²) >= 11 is 1.45. The first-order valence-electron chi connectivity index (χ1n) is 6.33.